The van der Waals surface area contributed by atoms with E-state index in [2.05, 4.69) is 10.0 Å². The number of rotatable bonds is 7. The molecule has 178 valence electrons. The van der Waals surface area contributed by atoms with E-state index in [1.54, 1.807) is 17.0 Å². The van der Waals surface area contributed by atoms with E-state index in [4.69, 9.17) is 4.42 Å². The van der Waals surface area contributed by atoms with Crippen LogP contribution in [0.3, 0.4) is 0 Å². The van der Waals surface area contributed by atoms with Gasteiger partial charge in [0.15, 0.2) is 0 Å². The average Bonchev–Trinajstić information content (AvgIpc) is 3.37. The van der Waals surface area contributed by atoms with Crippen LogP contribution < -0.4 is 10.0 Å². The molecule has 10 heteroatoms. The van der Waals surface area contributed by atoms with Gasteiger partial charge in [0.1, 0.15) is 11.6 Å². The number of nitrogens with one attached hydrogen (secondary N) is 2. The van der Waals surface area contributed by atoms with E-state index in [1.807, 2.05) is 0 Å². The molecule has 0 bridgehead atoms. The average molecular weight is 486 g/mol. The summed E-state index contributed by atoms with van der Waals surface area (Å²) in [5.74, 6) is -0.384. The Balaban J connectivity index is 1.29. The third-order valence-electron chi connectivity index (χ3n) is 5.65. The van der Waals surface area contributed by atoms with E-state index in [-0.39, 0.29) is 29.3 Å². The minimum atomic E-state index is -3.74. The Morgan fingerprint density at radius 1 is 0.971 bits per heavy atom. The summed E-state index contributed by atoms with van der Waals surface area (Å²) in [6.45, 7) is 0.943. The minimum absolute atomic E-state index is 0.0304. The maximum absolute atomic E-state index is 13.0. The fraction of sp³-hybridized carbons (Fsp3) is 0.250. The molecule has 1 aromatic heterocycles. The van der Waals surface area contributed by atoms with Crippen molar-refractivity contribution in [2.75, 3.05) is 13.1 Å². The molecule has 2 N–H and O–H groups in total. The quantitative estimate of drug-likeness (QED) is 0.535. The second-order valence-corrected chi connectivity index (χ2v) is 9.74. The SMILES string of the molecule is O=C(NC1CCN(C(=O)c2ccc(S(=O)(=O)NCc3ccco3)cc2)CC1)c1ccc(F)cc1. The molecule has 34 heavy (non-hydrogen) atoms. The maximum Gasteiger partial charge on any atom is 0.253 e. The summed E-state index contributed by atoms with van der Waals surface area (Å²) in [7, 11) is -3.74. The van der Waals surface area contributed by atoms with Gasteiger partial charge in [-0.2, -0.15) is 0 Å². The van der Waals surface area contributed by atoms with Crippen molar-refractivity contribution in [2.24, 2.45) is 0 Å². The zero-order valence-electron chi connectivity index (χ0n) is 18.2. The van der Waals surface area contributed by atoms with Gasteiger partial charge in [0.2, 0.25) is 10.0 Å². The lowest BCUT2D eigenvalue weighted by molar-refractivity contribution is 0.0698. The van der Waals surface area contributed by atoms with Crippen molar-refractivity contribution in [3.8, 4) is 0 Å². The fourth-order valence-corrected chi connectivity index (χ4v) is 4.71. The first-order valence-electron chi connectivity index (χ1n) is 10.8. The monoisotopic (exact) mass is 485 g/mol. The van der Waals surface area contributed by atoms with Gasteiger partial charge in [0, 0.05) is 30.3 Å². The number of carbonyl (C=O) groups is 2. The third kappa shape index (κ3) is 5.70. The van der Waals surface area contributed by atoms with E-state index in [0.717, 1.165) is 0 Å². The van der Waals surface area contributed by atoms with Gasteiger partial charge in [0.05, 0.1) is 17.7 Å². The van der Waals surface area contributed by atoms with Crippen molar-refractivity contribution in [1.82, 2.24) is 14.9 Å². The summed E-state index contributed by atoms with van der Waals surface area (Å²) in [4.78, 5) is 26.9. The van der Waals surface area contributed by atoms with Crippen LogP contribution in [0.15, 0.2) is 76.2 Å². The molecule has 0 saturated carbocycles. The van der Waals surface area contributed by atoms with Crippen LogP contribution in [0.4, 0.5) is 4.39 Å². The topological polar surface area (TPSA) is 109 Å². The van der Waals surface area contributed by atoms with Gasteiger partial charge in [-0.25, -0.2) is 17.5 Å². The highest BCUT2D eigenvalue weighted by Gasteiger charge is 2.25. The summed E-state index contributed by atoms with van der Waals surface area (Å²) in [6.07, 6.45) is 2.63. The number of halogens is 1. The number of hydrogen-bond donors (Lipinski definition) is 2. The van der Waals surface area contributed by atoms with Crippen LogP contribution in [0.5, 0.6) is 0 Å². The molecule has 1 saturated heterocycles. The second kappa shape index (κ2) is 10.2. The number of amides is 2. The lowest BCUT2D eigenvalue weighted by Gasteiger charge is -2.32. The van der Waals surface area contributed by atoms with E-state index in [0.29, 0.717) is 42.8 Å². The van der Waals surface area contributed by atoms with Gasteiger partial charge in [-0.3, -0.25) is 9.59 Å². The van der Waals surface area contributed by atoms with Crippen molar-refractivity contribution in [1.29, 1.82) is 0 Å². The molecule has 8 nitrogen and oxygen atoms in total. The Bertz CT molecular complexity index is 1230. The summed E-state index contributed by atoms with van der Waals surface area (Å²) in [6, 6.07) is 14.4. The van der Waals surface area contributed by atoms with E-state index in [1.165, 1.54) is 54.8 Å². The molecule has 3 aromatic rings. The first-order chi connectivity index (χ1) is 16.3. The number of carbonyl (C=O) groups excluding carboxylic acids is 2. The Kier molecular flexibility index (Phi) is 7.09. The molecule has 1 aliphatic rings. The molecular formula is C24H24FN3O5S. The molecule has 0 atom stereocenters. The molecule has 0 aliphatic carbocycles. The van der Waals surface area contributed by atoms with Crippen LogP contribution in [0.1, 0.15) is 39.3 Å². The molecular weight excluding hydrogens is 461 g/mol. The Morgan fingerprint density at radius 3 is 2.24 bits per heavy atom. The number of hydrogen-bond acceptors (Lipinski definition) is 5. The van der Waals surface area contributed by atoms with Gasteiger partial charge in [-0.05, 0) is 73.5 Å². The van der Waals surface area contributed by atoms with Crippen LogP contribution in [-0.4, -0.2) is 44.3 Å². The second-order valence-electron chi connectivity index (χ2n) is 7.98. The van der Waals surface area contributed by atoms with Crippen LogP contribution in [0.25, 0.3) is 0 Å². The van der Waals surface area contributed by atoms with Crippen molar-refractivity contribution in [3.05, 3.63) is 89.6 Å². The molecule has 2 heterocycles. The largest absolute Gasteiger partial charge is 0.468 e. The van der Waals surface area contributed by atoms with Crippen LogP contribution in [0, 0.1) is 5.82 Å². The molecule has 2 aromatic carbocycles. The third-order valence-corrected chi connectivity index (χ3v) is 7.07. The van der Waals surface area contributed by atoms with Gasteiger partial charge in [-0.15, -0.1) is 0 Å². The molecule has 4 rings (SSSR count). The predicted molar refractivity (Wildman–Crippen MR) is 122 cm³/mol. The van der Waals surface area contributed by atoms with Crippen molar-refractivity contribution < 1.29 is 26.8 Å². The maximum atomic E-state index is 13.0. The number of nitrogens with zero attached hydrogens (tertiary/aromatic N) is 1. The van der Waals surface area contributed by atoms with Crippen LogP contribution in [0.2, 0.25) is 0 Å². The molecule has 2 amide bonds. The number of sulfonamides is 1. The fourth-order valence-electron chi connectivity index (χ4n) is 3.72. The summed E-state index contributed by atoms with van der Waals surface area (Å²) >= 11 is 0. The minimum Gasteiger partial charge on any atom is -0.468 e. The Morgan fingerprint density at radius 2 is 1.62 bits per heavy atom. The Hall–Kier alpha value is -3.50. The van der Waals surface area contributed by atoms with Crippen LogP contribution in [-0.2, 0) is 16.6 Å². The van der Waals surface area contributed by atoms with Crippen molar-refractivity contribution in [2.45, 2.75) is 30.3 Å². The van der Waals surface area contributed by atoms with Gasteiger partial charge in [-0.1, -0.05) is 0 Å². The van der Waals surface area contributed by atoms with Crippen LogP contribution >= 0.6 is 0 Å². The standard InChI is InChI=1S/C24H24FN3O5S/c25-19-7-3-17(4-8-19)23(29)27-20-11-13-28(14-12-20)24(30)18-5-9-22(10-6-18)34(31,32)26-16-21-2-1-15-33-21/h1-10,15,20,26H,11-14,16H2,(H,27,29). The predicted octanol–water partition coefficient (Wildman–Crippen LogP) is 2.93. The number of benzene rings is 2. The highest BCUT2D eigenvalue weighted by molar-refractivity contribution is 7.89. The molecule has 0 unspecified atom stereocenters. The first-order valence-corrected chi connectivity index (χ1v) is 12.3. The van der Waals surface area contributed by atoms with Crippen molar-refractivity contribution >= 4 is 21.8 Å². The molecule has 0 radical (unpaired) electrons. The normalized spacial score (nSPS) is 14.7. The molecule has 0 spiro atoms. The number of likely N-dealkylation sites (tertiary alicyclic amines) is 1. The summed E-state index contributed by atoms with van der Waals surface area (Å²) in [5.41, 5.74) is 0.771. The highest BCUT2D eigenvalue weighted by Crippen LogP contribution is 2.17. The summed E-state index contributed by atoms with van der Waals surface area (Å²) < 4.78 is 45.5. The lowest BCUT2D eigenvalue weighted by Crippen LogP contribution is -2.46. The van der Waals surface area contributed by atoms with Crippen molar-refractivity contribution in [3.63, 3.8) is 0 Å². The Labute approximate surface area is 196 Å². The van der Waals surface area contributed by atoms with Gasteiger partial charge < -0.3 is 14.6 Å². The highest BCUT2D eigenvalue weighted by atomic mass is 32.2. The molecule has 1 fully saturated rings. The van der Waals surface area contributed by atoms with Gasteiger partial charge in [0.25, 0.3) is 11.8 Å². The molecule has 1 aliphatic heterocycles. The van der Waals surface area contributed by atoms with E-state index < -0.39 is 15.8 Å². The smallest absolute Gasteiger partial charge is 0.253 e. The number of piperidine rings is 1. The lowest BCUT2D eigenvalue weighted by atomic mass is 10.0. The summed E-state index contributed by atoms with van der Waals surface area (Å²) in [5, 5.41) is 2.92. The first kappa shape index (κ1) is 23.7. The van der Waals surface area contributed by atoms with Gasteiger partial charge >= 0.3 is 0 Å². The number of furan rings is 1. The van der Waals surface area contributed by atoms with E-state index in [9.17, 15) is 22.4 Å². The zero-order chi connectivity index (χ0) is 24.1. The van der Waals surface area contributed by atoms with E-state index >= 15 is 0 Å². The zero-order valence-corrected chi connectivity index (χ0v) is 19.1.